The van der Waals surface area contributed by atoms with Crippen LogP contribution in [0.25, 0.3) is 0 Å². The van der Waals surface area contributed by atoms with Gasteiger partial charge in [0.1, 0.15) is 12.4 Å². The number of aliphatic carboxylic acids is 1. The van der Waals surface area contributed by atoms with E-state index in [0.717, 1.165) is 0 Å². The molecule has 3 rings (SSSR count). The van der Waals surface area contributed by atoms with Crippen molar-refractivity contribution >= 4 is 35.5 Å². The van der Waals surface area contributed by atoms with Gasteiger partial charge in [-0.1, -0.05) is 36.4 Å². The van der Waals surface area contributed by atoms with Gasteiger partial charge >= 0.3 is 5.97 Å². The summed E-state index contributed by atoms with van der Waals surface area (Å²) in [6.07, 6.45) is 1.40. The average molecular weight is 445 g/mol. The Morgan fingerprint density at radius 1 is 0.879 bits per heavy atom. The van der Waals surface area contributed by atoms with Crippen molar-refractivity contribution in [2.75, 3.05) is 10.6 Å². The van der Waals surface area contributed by atoms with Crippen LogP contribution in [0.3, 0.4) is 0 Å². The minimum atomic E-state index is -1.13. The number of benzene rings is 3. The number of amides is 2. The van der Waals surface area contributed by atoms with Crippen LogP contribution in [0.2, 0.25) is 0 Å². The fraction of sp³-hybridized carbons (Fsp3) is 0.0833. The van der Waals surface area contributed by atoms with Crippen molar-refractivity contribution in [2.45, 2.75) is 12.5 Å². The lowest BCUT2D eigenvalue weighted by Crippen LogP contribution is -2.42. The highest BCUT2D eigenvalue weighted by molar-refractivity contribution is 6.05. The highest BCUT2D eigenvalue weighted by Gasteiger charge is 2.21. The number of carbonyl (C=O) groups excluding carboxylic acids is 2. The number of nitrogens with two attached hydrogens (primary N) is 1. The number of hydrogen-bond acceptors (Lipinski definition) is 5. The van der Waals surface area contributed by atoms with Gasteiger partial charge in [0.25, 0.3) is 11.8 Å². The quantitative estimate of drug-likeness (QED) is 0.148. The number of hydrogen-bond donors (Lipinski definition) is 5. The zero-order valence-corrected chi connectivity index (χ0v) is 17.6. The van der Waals surface area contributed by atoms with E-state index in [4.69, 9.17) is 5.84 Å². The maximum Gasteiger partial charge on any atom is 0.326 e. The lowest BCUT2D eigenvalue weighted by atomic mass is 10.0. The summed E-state index contributed by atoms with van der Waals surface area (Å²) in [6.45, 7) is 0. The number of anilines is 2. The first-order chi connectivity index (χ1) is 16.0. The lowest BCUT2D eigenvalue weighted by Gasteiger charge is -2.15. The van der Waals surface area contributed by atoms with Gasteiger partial charge in [-0.25, -0.2) is 4.79 Å². The second kappa shape index (κ2) is 11.1. The molecule has 9 heteroatoms. The molecule has 9 nitrogen and oxygen atoms in total. The van der Waals surface area contributed by atoms with E-state index in [1.54, 1.807) is 78.9 Å². The minimum absolute atomic E-state index is 0.0958. The third kappa shape index (κ3) is 6.66. The van der Waals surface area contributed by atoms with E-state index in [1.807, 2.05) is 0 Å². The van der Waals surface area contributed by atoms with Crippen molar-refractivity contribution in [1.82, 2.24) is 5.32 Å². The van der Waals surface area contributed by atoms with E-state index in [1.165, 1.54) is 6.34 Å². The van der Waals surface area contributed by atoms with Crippen molar-refractivity contribution in [2.24, 2.45) is 10.9 Å². The van der Waals surface area contributed by atoms with Crippen LogP contribution in [0.5, 0.6) is 0 Å². The highest BCUT2D eigenvalue weighted by atomic mass is 16.4. The molecule has 0 unspecified atom stereocenters. The lowest BCUT2D eigenvalue weighted by molar-refractivity contribution is -0.139. The second-order valence-corrected chi connectivity index (χ2v) is 7.09. The number of carboxylic acids is 1. The molecule has 0 aliphatic rings. The molecule has 3 aromatic rings. The van der Waals surface area contributed by atoms with Crippen molar-refractivity contribution in [1.29, 1.82) is 0 Å². The molecular weight excluding hydrogens is 422 g/mol. The van der Waals surface area contributed by atoms with Gasteiger partial charge in [-0.3, -0.25) is 9.59 Å². The SMILES string of the molecule is NN=CNc1cccc(C(=O)Nc2ccc(C[C@H](NC(=O)c3ccccc3)C(=O)O)cc2)c1. The number of rotatable bonds is 9. The monoisotopic (exact) mass is 445 g/mol. The zero-order valence-electron chi connectivity index (χ0n) is 17.6. The van der Waals surface area contributed by atoms with Crippen LogP contribution in [-0.2, 0) is 11.2 Å². The summed E-state index contributed by atoms with van der Waals surface area (Å²) in [6, 6.07) is 20.9. The molecule has 1 atom stereocenters. The Labute approximate surface area is 190 Å². The third-order valence-electron chi connectivity index (χ3n) is 4.72. The number of carboxylic acid groups (broad SMARTS) is 1. The van der Waals surface area contributed by atoms with E-state index in [0.29, 0.717) is 28.1 Å². The molecule has 6 N–H and O–H groups in total. The zero-order chi connectivity index (χ0) is 23.6. The summed E-state index contributed by atoms with van der Waals surface area (Å²) in [5, 5.41) is 21.0. The van der Waals surface area contributed by atoms with Crippen LogP contribution in [-0.4, -0.2) is 35.3 Å². The Bertz CT molecular complexity index is 1150. The molecule has 2 amide bonds. The number of nitrogens with one attached hydrogen (secondary N) is 3. The molecule has 0 heterocycles. The molecule has 0 spiro atoms. The fourth-order valence-corrected chi connectivity index (χ4v) is 3.06. The van der Waals surface area contributed by atoms with E-state index in [2.05, 4.69) is 21.1 Å². The van der Waals surface area contributed by atoms with Gasteiger partial charge in [-0.05, 0) is 48.0 Å². The summed E-state index contributed by atoms with van der Waals surface area (Å²) >= 11 is 0. The maximum absolute atomic E-state index is 12.5. The van der Waals surface area contributed by atoms with Crippen LogP contribution in [0, 0.1) is 0 Å². The first kappa shape index (κ1) is 23.0. The average Bonchev–Trinajstić information content (AvgIpc) is 2.84. The van der Waals surface area contributed by atoms with Crippen LogP contribution in [0.15, 0.2) is 84.0 Å². The Balaban J connectivity index is 1.62. The summed E-state index contributed by atoms with van der Waals surface area (Å²) in [5.41, 5.74) is 2.72. The van der Waals surface area contributed by atoms with Crippen LogP contribution >= 0.6 is 0 Å². The largest absolute Gasteiger partial charge is 0.480 e. The van der Waals surface area contributed by atoms with Gasteiger partial charge in [0.15, 0.2) is 0 Å². The summed E-state index contributed by atoms with van der Waals surface area (Å²) in [7, 11) is 0. The van der Waals surface area contributed by atoms with E-state index in [-0.39, 0.29) is 12.3 Å². The summed E-state index contributed by atoms with van der Waals surface area (Å²) in [4.78, 5) is 36.5. The van der Waals surface area contributed by atoms with Gasteiger partial charge in [0, 0.05) is 28.9 Å². The molecule has 0 saturated heterocycles. The third-order valence-corrected chi connectivity index (χ3v) is 4.72. The fourth-order valence-electron chi connectivity index (χ4n) is 3.06. The van der Waals surface area contributed by atoms with Crippen LogP contribution in [0.1, 0.15) is 26.3 Å². The van der Waals surface area contributed by atoms with E-state index < -0.39 is 17.9 Å². The van der Waals surface area contributed by atoms with Crippen molar-refractivity contribution in [3.05, 3.63) is 95.6 Å². The Kier molecular flexibility index (Phi) is 7.74. The van der Waals surface area contributed by atoms with Gasteiger partial charge in [-0.15, -0.1) is 0 Å². The molecule has 168 valence electrons. The van der Waals surface area contributed by atoms with Gasteiger partial charge in [0.05, 0.1) is 0 Å². The van der Waals surface area contributed by atoms with Crippen LogP contribution in [0.4, 0.5) is 11.4 Å². The number of carbonyl (C=O) groups is 3. The van der Waals surface area contributed by atoms with Crippen molar-refractivity contribution in [3.63, 3.8) is 0 Å². The molecule has 0 fully saturated rings. The first-order valence-corrected chi connectivity index (χ1v) is 10.0. The molecule has 0 aliphatic heterocycles. The second-order valence-electron chi connectivity index (χ2n) is 7.09. The van der Waals surface area contributed by atoms with E-state index >= 15 is 0 Å². The highest BCUT2D eigenvalue weighted by Crippen LogP contribution is 2.15. The first-order valence-electron chi connectivity index (χ1n) is 10.0. The predicted molar refractivity (Wildman–Crippen MR) is 126 cm³/mol. The molecule has 33 heavy (non-hydrogen) atoms. The summed E-state index contributed by atoms with van der Waals surface area (Å²) in [5.74, 6) is 3.16. The van der Waals surface area contributed by atoms with Crippen molar-refractivity contribution < 1.29 is 19.5 Å². The molecule has 3 aromatic carbocycles. The molecule has 0 bridgehead atoms. The molecular formula is C24H23N5O4. The molecule has 0 aliphatic carbocycles. The van der Waals surface area contributed by atoms with Gasteiger partial charge < -0.3 is 26.9 Å². The molecule has 0 aromatic heterocycles. The predicted octanol–water partition coefficient (Wildman–Crippen LogP) is 2.68. The Morgan fingerprint density at radius 2 is 1.58 bits per heavy atom. The normalized spacial score (nSPS) is 11.5. The smallest absolute Gasteiger partial charge is 0.326 e. The van der Waals surface area contributed by atoms with Crippen LogP contribution < -0.4 is 21.8 Å². The van der Waals surface area contributed by atoms with Crippen molar-refractivity contribution in [3.8, 4) is 0 Å². The minimum Gasteiger partial charge on any atom is -0.480 e. The Hall–Kier alpha value is -4.66. The maximum atomic E-state index is 12.5. The van der Waals surface area contributed by atoms with E-state index in [9.17, 15) is 19.5 Å². The molecule has 0 saturated carbocycles. The number of hydrazone groups is 1. The summed E-state index contributed by atoms with van der Waals surface area (Å²) < 4.78 is 0. The van der Waals surface area contributed by atoms with Gasteiger partial charge in [-0.2, -0.15) is 5.10 Å². The standard InChI is InChI=1S/C24H23N5O4/c25-27-15-26-20-8-4-7-18(14-20)23(31)28-19-11-9-16(10-12-19)13-21(24(32)33)29-22(30)17-5-2-1-3-6-17/h1-12,14-15,21H,13,25H2,(H,26,27)(H,28,31)(H,29,30)(H,32,33)/t21-/m0/s1. The molecule has 0 radical (unpaired) electrons. The number of nitrogens with zero attached hydrogens (tertiary/aromatic N) is 1. The van der Waals surface area contributed by atoms with Gasteiger partial charge in [0.2, 0.25) is 0 Å². The Morgan fingerprint density at radius 3 is 2.24 bits per heavy atom. The topological polar surface area (TPSA) is 146 Å².